The summed E-state index contributed by atoms with van der Waals surface area (Å²) in [6.07, 6.45) is 4.82. The van der Waals surface area contributed by atoms with E-state index in [4.69, 9.17) is 5.84 Å². The molecule has 0 saturated heterocycles. The third kappa shape index (κ3) is 3.10. The molecule has 0 aliphatic rings. The summed E-state index contributed by atoms with van der Waals surface area (Å²) in [5, 5.41) is 0. The molecule has 2 aromatic heterocycles. The van der Waals surface area contributed by atoms with Crippen LogP contribution in [0.15, 0.2) is 42.9 Å². The molecule has 3 N–H and O–H groups in total. The van der Waals surface area contributed by atoms with Crippen LogP contribution in [0.25, 0.3) is 0 Å². The molecule has 2 rings (SSSR count). The van der Waals surface area contributed by atoms with Gasteiger partial charge < -0.3 is 10.3 Å². The van der Waals surface area contributed by atoms with Crippen LogP contribution in [0.4, 0.5) is 5.69 Å². The number of hydrogen-bond donors (Lipinski definition) is 2. The SMILES string of the molecule is CCN(Cc1ccccn1)C(=O)c1ccncc1NN. The molecule has 0 radical (unpaired) electrons. The van der Waals surface area contributed by atoms with E-state index in [0.717, 1.165) is 5.69 Å². The molecule has 0 saturated carbocycles. The van der Waals surface area contributed by atoms with Crippen molar-refractivity contribution in [2.45, 2.75) is 13.5 Å². The minimum absolute atomic E-state index is 0.103. The second-order valence-electron chi connectivity index (χ2n) is 4.21. The number of amides is 1. The fraction of sp³-hybridized carbons (Fsp3) is 0.214. The van der Waals surface area contributed by atoms with Crippen LogP contribution in [0.5, 0.6) is 0 Å². The predicted octanol–water partition coefficient (Wildman–Crippen LogP) is 1.42. The van der Waals surface area contributed by atoms with Gasteiger partial charge in [-0.25, -0.2) is 0 Å². The first-order valence-electron chi connectivity index (χ1n) is 6.36. The van der Waals surface area contributed by atoms with Gasteiger partial charge in [-0.3, -0.25) is 20.6 Å². The monoisotopic (exact) mass is 271 g/mol. The van der Waals surface area contributed by atoms with Crippen molar-refractivity contribution >= 4 is 11.6 Å². The molecule has 0 aliphatic heterocycles. The second-order valence-corrected chi connectivity index (χ2v) is 4.21. The molecule has 0 aromatic carbocycles. The Bertz CT molecular complexity index is 573. The van der Waals surface area contributed by atoms with Crippen LogP contribution in [0.3, 0.4) is 0 Å². The average molecular weight is 271 g/mol. The maximum atomic E-state index is 12.5. The molecule has 2 heterocycles. The fourth-order valence-electron chi connectivity index (χ4n) is 1.88. The zero-order valence-corrected chi connectivity index (χ0v) is 11.3. The van der Waals surface area contributed by atoms with Gasteiger partial charge in [0.25, 0.3) is 5.91 Å². The molecule has 2 aromatic rings. The van der Waals surface area contributed by atoms with Gasteiger partial charge in [-0.2, -0.15) is 0 Å². The van der Waals surface area contributed by atoms with Gasteiger partial charge in [0.15, 0.2) is 0 Å². The molecule has 20 heavy (non-hydrogen) atoms. The lowest BCUT2D eigenvalue weighted by Gasteiger charge is -2.21. The number of pyridine rings is 2. The van der Waals surface area contributed by atoms with Gasteiger partial charge in [-0.05, 0) is 25.1 Å². The van der Waals surface area contributed by atoms with Crippen LogP contribution in [-0.4, -0.2) is 27.3 Å². The number of carbonyl (C=O) groups excluding carboxylic acids is 1. The van der Waals surface area contributed by atoms with Crippen LogP contribution in [-0.2, 0) is 6.54 Å². The highest BCUT2D eigenvalue weighted by Crippen LogP contribution is 2.15. The smallest absolute Gasteiger partial charge is 0.256 e. The Kier molecular flexibility index (Phi) is 4.62. The quantitative estimate of drug-likeness (QED) is 0.634. The molecule has 0 fully saturated rings. The average Bonchev–Trinajstić information content (AvgIpc) is 2.53. The van der Waals surface area contributed by atoms with Crippen molar-refractivity contribution in [3.8, 4) is 0 Å². The van der Waals surface area contributed by atoms with Crippen molar-refractivity contribution < 1.29 is 4.79 Å². The Morgan fingerprint density at radius 2 is 2.20 bits per heavy atom. The van der Waals surface area contributed by atoms with Gasteiger partial charge in [-0.15, -0.1) is 0 Å². The van der Waals surface area contributed by atoms with E-state index in [1.54, 1.807) is 23.4 Å². The summed E-state index contributed by atoms with van der Waals surface area (Å²) in [6.45, 7) is 2.97. The Labute approximate surface area is 117 Å². The highest BCUT2D eigenvalue weighted by molar-refractivity contribution is 5.99. The van der Waals surface area contributed by atoms with E-state index >= 15 is 0 Å². The summed E-state index contributed by atoms with van der Waals surface area (Å²) < 4.78 is 0. The Balaban J connectivity index is 2.21. The molecule has 104 valence electrons. The number of nitrogens with one attached hydrogen (secondary N) is 1. The van der Waals surface area contributed by atoms with Crippen molar-refractivity contribution in [2.75, 3.05) is 12.0 Å². The number of rotatable bonds is 5. The van der Waals surface area contributed by atoms with Crippen LogP contribution in [0.1, 0.15) is 23.0 Å². The number of hydrazine groups is 1. The number of anilines is 1. The maximum absolute atomic E-state index is 12.5. The van der Waals surface area contributed by atoms with Crippen LogP contribution >= 0.6 is 0 Å². The first-order valence-corrected chi connectivity index (χ1v) is 6.36. The third-order valence-corrected chi connectivity index (χ3v) is 2.95. The summed E-state index contributed by atoms with van der Waals surface area (Å²) in [5.41, 5.74) is 4.35. The second kappa shape index (κ2) is 6.63. The molecular weight excluding hydrogens is 254 g/mol. The van der Waals surface area contributed by atoms with Gasteiger partial charge in [0.1, 0.15) is 0 Å². The zero-order valence-electron chi connectivity index (χ0n) is 11.3. The third-order valence-electron chi connectivity index (χ3n) is 2.95. The number of carbonyl (C=O) groups is 1. The van der Waals surface area contributed by atoms with Gasteiger partial charge in [-0.1, -0.05) is 6.07 Å². The summed E-state index contributed by atoms with van der Waals surface area (Å²) in [6, 6.07) is 7.30. The van der Waals surface area contributed by atoms with Gasteiger partial charge in [0.2, 0.25) is 0 Å². The molecule has 0 spiro atoms. The maximum Gasteiger partial charge on any atom is 0.256 e. The van der Waals surface area contributed by atoms with Crippen molar-refractivity contribution in [1.29, 1.82) is 0 Å². The Hall–Kier alpha value is -2.47. The van der Waals surface area contributed by atoms with Gasteiger partial charge in [0.05, 0.1) is 29.7 Å². The van der Waals surface area contributed by atoms with Gasteiger partial charge >= 0.3 is 0 Å². The molecule has 6 nitrogen and oxygen atoms in total. The highest BCUT2D eigenvalue weighted by atomic mass is 16.2. The highest BCUT2D eigenvalue weighted by Gasteiger charge is 2.18. The lowest BCUT2D eigenvalue weighted by Crippen LogP contribution is -2.31. The topological polar surface area (TPSA) is 84.1 Å². The summed E-state index contributed by atoms with van der Waals surface area (Å²) in [5.74, 6) is 5.31. The molecule has 0 atom stereocenters. The lowest BCUT2D eigenvalue weighted by molar-refractivity contribution is 0.0751. The number of hydrogen-bond acceptors (Lipinski definition) is 5. The Morgan fingerprint density at radius 3 is 2.85 bits per heavy atom. The van der Waals surface area contributed by atoms with Crippen LogP contribution in [0.2, 0.25) is 0 Å². The summed E-state index contributed by atoms with van der Waals surface area (Å²) in [4.78, 5) is 22.4. The first-order chi connectivity index (χ1) is 9.76. The van der Waals surface area contributed by atoms with Crippen molar-refractivity contribution in [2.24, 2.45) is 5.84 Å². The number of aromatic nitrogens is 2. The van der Waals surface area contributed by atoms with E-state index in [1.165, 1.54) is 6.20 Å². The summed E-state index contributed by atoms with van der Waals surface area (Å²) in [7, 11) is 0. The van der Waals surface area contributed by atoms with Crippen LogP contribution < -0.4 is 11.3 Å². The van der Waals surface area contributed by atoms with Crippen molar-refractivity contribution in [3.63, 3.8) is 0 Å². The fourth-order valence-corrected chi connectivity index (χ4v) is 1.88. The van der Waals surface area contributed by atoms with Gasteiger partial charge in [0, 0.05) is 18.9 Å². The molecule has 1 amide bonds. The van der Waals surface area contributed by atoms with E-state index in [0.29, 0.717) is 24.3 Å². The molecular formula is C14H17N5O. The minimum atomic E-state index is -0.103. The van der Waals surface area contributed by atoms with E-state index in [2.05, 4.69) is 15.4 Å². The zero-order chi connectivity index (χ0) is 14.4. The minimum Gasteiger partial charge on any atom is -0.333 e. The number of nitrogen functional groups attached to an aromatic ring is 1. The standard InChI is InChI=1S/C14H17N5O/c1-2-19(10-11-5-3-4-7-17-11)14(20)12-6-8-16-9-13(12)18-15/h3-9,18H,2,10,15H2,1H3. The largest absolute Gasteiger partial charge is 0.333 e. The van der Waals surface area contributed by atoms with E-state index in [1.807, 2.05) is 25.1 Å². The number of nitrogens with two attached hydrogens (primary N) is 1. The number of nitrogens with zero attached hydrogens (tertiary/aromatic N) is 3. The van der Waals surface area contributed by atoms with Crippen molar-refractivity contribution in [3.05, 3.63) is 54.1 Å². The molecule has 6 heteroatoms. The lowest BCUT2D eigenvalue weighted by atomic mass is 10.2. The van der Waals surface area contributed by atoms with Crippen molar-refractivity contribution in [1.82, 2.24) is 14.9 Å². The van der Waals surface area contributed by atoms with Crippen LogP contribution in [0, 0.1) is 0 Å². The van der Waals surface area contributed by atoms with E-state index < -0.39 is 0 Å². The molecule has 0 unspecified atom stereocenters. The predicted molar refractivity (Wildman–Crippen MR) is 76.7 cm³/mol. The molecule has 0 bridgehead atoms. The summed E-state index contributed by atoms with van der Waals surface area (Å²) >= 11 is 0. The van der Waals surface area contributed by atoms with E-state index in [-0.39, 0.29) is 5.91 Å². The van der Waals surface area contributed by atoms with E-state index in [9.17, 15) is 4.79 Å². The first kappa shape index (κ1) is 14.0. The normalized spacial score (nSPS) is 10.1. The molecule has 0 aliphatic carbocycles. The Morgan fingerprint density at radius 1 is 1.35 bits per heavy atom.